The Hall–Kier alpha value is -4.12. The van der Waals surface area contributed by atoms with E-state index in [-0.39, 0.29) is 17.6 Å². The number of carbonyl (C=O) groups is 2. The second kappa shape index (κ2) is 7.78. The summed E-state index contributed by atoms with van der Waals surface area (Å²) in [5.74, 6) is 0.145. The van der Waals surface area contributed by atoms with Crippen LogP contribution in [-0.2, 0) is 4.79 Å². The highest BCUT2D eigenvalue weighted by molar-refractivity contribution is 6.10. The molecular weight excluding hydrogens is 410 g/mol. The van der Waals surface area contributed by atoms with Crippen LogP contribution in [-0.4, -0.2) is 16.6 Å². The fourth-order valence-corrected chi connectivity index (χ4v) is 4.96. The number of Topliss-reactive ketones (excluding diaryl/α,β-unsaturated/α-hetero) is 1. The SMILES string of the molecule is O=C1CCCC2=C1[C@@H](c1c[nH]c3ccccc13)Nc1ccc(C(=O)c3ccccc3)cc1N2. The number of hydrogen-bond acceptors (Lipinski definition) is 4. The molecule has 5 heteroatoms. The molecule has 0 amide bonds. The van der Waals surface area contributed by atoms with Crippen LogP contribution in [0.5, 0.6) is 0 Å². The number of fused-ring (bicyclic) bond motifs is 2. The monoisotopic (exact) mass is 433 g/mol. The normalized spacial score (nSPS) is 17.6. The molecule has 33 heavy (non-hydrogen) atoms. The minimum absolute atomic E-state index is 0.0217. The zero-order chi connectivity index (χ0) is 22.4. The van der Waals surface area contributed by atoms with Crippen LogP contribution in [0.1, 0.15) is 46.8 Å². The summed E-state index contributed by atoms with van der Waals surface area (Å²) in [5, 5.41) is 8.23. The second-order valence-corrected chi connectivity index (χ2v) is 8.62. The van der Waals surface area contributed by atoms with Crippen molar-refractivity contribution < 1.29 is 9.59 Å². The van der Waals surface area contributed by atoms with Gasteiger partial charge in [-0.05, 0) is 37.1 Å². The van der Waals surface area contributed by atoms with Crippen molar-refractivity contribution in [1.29, 1.82) is 0 Å². The van der Waals surface area contributed by atoms with Gasteiger partial charge in [0.2, 0.25) is 0 Å². The minimum Gasteiger partial charge on any atom is -0.372 e. The maximum absolute atomic E-state index is 13.1. The van der Waals surface area contributed by atoms with Gasteiger partial charge in [-0.15, -0.1) is 0 Å². The second-order valence-electron chi connectivity index (χ2n) is 8.62. The molecule has 1 aromatic heterocycles. The van der Waals surface area contributed by atoms with E-state index in [1.165, 1.54) is 0 Å². The number of aromatic amines is 1. The molecule has 0 fully saturated rings. The van der Waals surface area contributed by atoms with Crippen LogP contribution in [0.4, 0.5) is 11.4 Å². The first-order chi connectivity index (χ1) is 16.2. The predicted molar refractivity (Wildman–Crippen MR) is 130 cm³/mol. The molecule has 0 saturated heterocycles. The van der Waals surface area contributed by atoms with Gasteiger partial charge in [0.1, 0.15) is 0 Å². The third kappa shape index (κ3) is 3.33. The van der Waals surface area contributed by atoms with E-state index in [0.717, 1.165) is 52.0 Å². The van der Waals surface area contributed by atoms with Gasteiger partial charge in [-0.1, -0.05) is 48.5 Å². The standard InChI is InChI=1S/C28H23N3O2/c32-25-12-6-11-23-26(25)27(20-16-29-21-10-5-4-9-19(20)21)31-22-14-13-18(15-24(22)30-23)28(33)17-7-2-1-3-8-17/h1-5,7-10,13-16,27,29-31H,6,11-12H2/t27-/m1/s1. The smallest absolute Gasteiger partial charge is 0.193 e. The van der Waals surface area contributed by atoms with Crippen molar-refractivity contribution in [3.63, 3.8) is 0 Å². The molecule has 6 rings (SSSR count). The first-order valence-electron chi connectivity index (χ1n) is 11.3. The quantitative estimate of drug-likeness (QED) is 0.347. The van der Waals surface area contributed by atoms with E-state index in [1.807, 2.05) is 72.9 Å². The van der Waals surface area contributed by atoms with Gasteiger partial charge < -0.3 is 15.6 Å². The largest absolute Gasteiger partial charge is 0.372 e. The predicted octanol–water partition coefficient (Wildman–Crippen LogP) is 5.98. The van der Waals surface area contributed by atoms with E-state index in [4.69, 9.17) is 0 Å². The lowest BCUT2D eigenvalue weighted by molar-refractivity contribution is -0.116. The van der Waals surface area contributed by atoms with Crippen LogP contribution in [0, 0.1) is 0 Å². The summed E-state index contributed by atoms with van der Waals surface area (Å²) in [7, 11) is 0. The molecule has 0 spiro atoms. The summed E-state index contributed by atoms with van der Waals surface area (Å²) in [6, 6.07) is 22.8. The number of benzene rings is 3. The molecule has 2 aliphatic rings. The van der Waals surface area contributed by atoms with Crippen molar-refractivity contribution in [1.82, 2.24) is 4.98 Å². The van der Waals surface area contributed by atoms with Crippen LogP contribution >= 0.6 is 0 Å². The molecule has 1 aliphatic heterocycles. The van der Waals surface area contributed by atoms with Gasteiger partial charge in [0.15, 0.2) is 11.6 Å². The molecule has 0 radical (unpaired) electrons. The fraction of sp³-hybridized carbons (Fsp3) is 0.143. The van der Waals surface area contributed by atoms with Gasteiger partial charge in [-0.2, -0.15) is 0 Å². The number of anilines is 2. The molecular formula is C28H23N3O2. The summed E-state index contributed by atoms with van der Waals surface area (Å²) in [6.07, 6.45) is 4.17. The summed E-state index contributed by atoms with van der Waals surface area (Å²) in [6.45, 7) is 0. The van der Waals surface area contributed by atoms with Crippen molar-refractivity contribution >= 4 is 33.8 Å². The molecule has 0 saturated carbocycles. The molecule has 3 N–H and O–H groups in total. The Balaban J connectivity index is 1.47. The van der Waals surface area contributed by atoms with E-state index in [0.29, 0.717) is 17.5 Å². The lowest BCUT2D eigenvalue weighted by Crippen LogP contribution is -2.23. The van der Waals surface area contributed by atoms with E-state index in [1.54, 1.807) is 0 Å². The van der Waals surface area contributed by atoms with Gasteiger partial charge in [0.05, 0.1) is 17.4 Å². The number of para-hydroxylation sites is 1. The van der Waals surface area contributed by atoms with Crippen LogP contribution in [0.3, 0.4) is 0 Å². The van der Waals surface area contributed by atoms with E-state index < -0.39 is 0 Å². The minimum atomic E-state index is -0.270. The average Bonchev–Trinajstić information content (AvgIpc) is 3.20. The van der Waals surface area contributed by atoms with Crippen molar-refractivity contribution in [3.8, 4) is 0 Å². The first kappa shape index (κ1) is 19.6. The first-order valence-corrected chi connectivity index (χ1v) is 11.3. The molecule has 0 bridgehead atoms. The van der Waals surface area contributed by atoms with Gasteiger partial charge in [-0.3, -0.25) is 9.59 Å². The zero-order valence-corrected chi connectivity index (χ0v) is 18.0. The van der Waals surface area contributed by atoms with Crippen LogP contribution in [0.2, 0.25) is 0 Å². The highest BCUT2D eigenvalue weighted by Gasteiger charge is 2.33. The Morgan fingerprint density at radius 3 is 2.55 bits per heavy atom. The molecule has 162 valence electrons. The van der Waals surface area contributed by atoms with Gasteiger partial charge in [0.25, 0.3) is 0 Å². The lowest BCUT2D eigenvalue weighted by atomic mass is 9.86. The van der Waals surface area contributed by atoms with E-state index >= 15 is 0 Å². The summed E-state index contributed by atoms with van der Waals surface area (Å²) in [4.78, 5) is 29.5. The number of carbonyl (C=O) groups excluding carboxylic acids is 2. The molecule has 0 unspecified atom stereocenters. The van der Waals surface area contributed by atoms with Crippen molar-refractivity contribution in [2.24, 2.45) is 0 Å². The number of nitrogens with one attached hydrogen (secondary N) is 3. The Labute approximate surface area is 191 Å². The van der Waals surface area contributed by atoms with Gasteiger partial charge in [-0.25, -0.2) is 0 Å². The number of ketones is 2. The van der Waals surface area contributed by atoms with Crippen LogP contribution in [0.15, 0.2) is 90.3 Å². The number of hydrogen-bond donors (Lipinski definition) is 3. The highest BCUT2D eigenvalue weighted by Crippen LogP contribution is 2.42. The zero-order valence-electron chi connectivity index (χ0n) is 18.0. The Morgan fingerprint density at radius 1 is 0.848 bits per heavy atom. The molecule has 3 aromatic carbocycles. The lowest BCUT2D eigenvalue weighted by Gasteiger charge is -2.25. The summed E-state index contributed by atoms with van der Waals surface area (Å²) in [5.41, 5.74) is 6.79. The van der Waals surface area contributed by atoms with E-state index in [9.17, 15) is 9.59 Å². The van der Waals surface area contributed by atoms with Crippen LogP contribution in [0.25, 0.3) is 10.9 Å². The maximum Gasteiger partial charge on any atom is 0.193 e. The third-order valence-corrected chi connectivity index (χ3v) is 6.58. The highest BCUT2D eigenvalue weighted by atomic mass is 16.1. The van der Waals surface area contributed by atoms with Crippen molar-refractivity contribution in [3.05, 3.63) is 107 Å². The molecule has 1 aliphatic carbocycles. The maximum atomic E-state index is 13.1. The number of allylic oxidation sites excluding steroid dienone is 1. The van der Waals surface area contributed by atoms with Crippen molar-refractivity contribution in [2.75, 3.05) is 10.6 Å². The third-order valence-electron chi connectivity index (χ3n) is 6.58. The number of H-pyrrole nitrogens is 1. The summed E-state index contributed by atoms with van der Waals surface area (Å²) >= 11 is 0. The molecule has 1 atom stereocenters. The van der Waals surface area contributed by atoms with Crippen molar-refractivity contribution in [2.45, 2.75) is 25.3 Å². The average molecular weight is 434 g/mol. The van der Waals surface area contributed by atoms with Gasteiger partial charge in [0, 0.05) is 51.5 Å². The molecule has 5 nitrogen and oxygen atoms in total. The fourth-order valence-electron chi connectivity index (χ4n) is 4.96. The topological polar surface area (TPSA) is 74.0 Å². The van der Waals surface area contributed by atoms with Crippen LogP contribution < -0.4 is 10.6 Å². The Kier molecular flexibility index (Phi) is 4.61. The molecule has 4 aromatic rings. The number of aromatic nitrogens is 1. The Morgan fingerprint density at radius 2 is 1.67 bits per heavy atom. The Bertz CT molecular complexity index is 1430. The molecule has 2 heterocycles. The van der Waals surface area contributed by atoms with E-state index in [2.05, 4.69) is 21.7 Å². The number of rotatable bonds is 3. The van der Waals surface area contributed by atoms with Gasteiger partial charge >= 0.3 is 0 Å². The summed E-state index contributed by atoms with van der Waals surface area (Å²) < 4.78 is 0.